The predicted molar refractivity (Wildman–Crippen MR) is 161 cm³/mol. The van der Waals surface area contributed by atoms with E-state index in [1.165, 1.54) is 30.6 Å². The van der Waals surface area contributed by atoms with Crippen LogP contribution in [0.2, 0.25) is 0 Å². The highest BCUT2D eigenvalue weighted by Gasteiger charge is 2.57. The molecular formula is C31H54N2O4P2. The van der Waals surface area contributed by atoms with Gasteiger partial charge in [0.25, 0.3) is 5.91 Å². The van der Waals surface area contributed by atoms with Crippen molar-refractivity contribution < 1.29 is 18.7 Å². The van der Waals surface area contributed by atoms with Crippen LogP contribution in [0.1, 0.15) is 142 Å². The minimum Gasteiger partial charge on any atom is -0.321 e. The zero-order valence-electron chi connectivity index (χ0n) is 24.8. The molecule has 39 heavy (non-hydrogen) atoms. The molecule has 0 aromatic carbocycles. The maximum atomic E-state index is 15.1. The van der Waals surface area contributed by atoms with Gasteiger partial charge in [-0.15, -0.1) is 0 Å². The minimum atomic E-state index is -2.79. The lowest BCUT2D eigenvalue weighted by Crippen LogP contribution is -2.46. The first-order chi connectivity index (χ1) is 18.7. The number of hydrogen-bond acceptors (Lipinski definition) is 4. The molecule has 0 bridgehead atoms. The molecule has 1 saturated heterocycles. The first-order valence-corrected chi connectivity index (χ1v) is 20.5. The number of rotatable bonds is 8. The molecule has 5 rings (SSSR count). The van der Waals surface area contributed by atoms with Crippen molar-refractivity contribution in [1.82, 2.24) is 9.80 Å². The van der Waals surface area contributed by atoms with Crippen LogP contribution in [0.25, 0.3) is 0 Å². The van der Waals surface area contributed by atoms with Gasteiger partial charge in [0, 0.05) is 22.6 Å². The van der Waals surface area contributed by atoms with Gasteiger partial charge in [-0.3, -0.25) is 9.69 Å². The van der Waals surface area contributed by atoms with Crippen LogP contribution in [0, 0.1) is 0 Å². The van der Waals surface area contributed by atoms with Crippen LogP contribution in [-0.2, 0) is 13.9 Å². The van der Waals surface area contributed by atoms with E-state index in [4.69, 9.17) is 0 Å². The molecule has 0 atom stereocenters. The Labute approximate surface area is 237 Å². The van der Waals surface area contributed by atoms with Crippen LogP contribution in [-0.4, -0.2) is 62.5 Å². The Balaban J connectivity index is 1.42. The van der Waals surface area contributed by atoms with Crippen molar-refractivity contribution in [2.45, 2.75) is 170 Å². The van der Waals surface area contributed by atoms with E-state index >= 15 is 9.13 Å². The fourth-order valence-corrected chi connectivity index (χ4v) is 17.5. The van der Waals surface area contributed by atoms with E-state index < -0.39 is 19.8 Å². The van der Waals surface area contributed by atoms with Gasteiger partial charge in [-0.05, 0) is 65.2 Å². The molecule has 3 amide bonds. The summed E-state index contributed by atoms with van der Waals surface area (Å²) < 4.78 is 30.2. The number of nitrogens with zero attached hydrogens (tertiary/aromatic N) is 2. The summed E-state index contributed by atoms with van der Waals surface area (Å²) in [5.41, 5.74) is -0.402. The second-order valence-electron chi connectivity index (χ2n) is 14.2. The van der Waals surface area contributed by atoms with Crippen molar-refractivity contribution in [3.05, 3.63) is 0 Å². The molecule has 6 nitrogen and oxygen atoms in total. The fourth-order valence-electron chi connectivity index (χ4n) is 8.85. The third kappa shape index (κ3) is 5.86. The average Bonchev–Trinajstić information content (AvgIpc) is 3.13. The summed E-state index contributed by atoms with van der Waals surface area (Å²) in [5, 5.41) is 0. The molecule has 4 saturated carbocycles. The maximum absolute atomic E-state index is 15.1. The van der Waals surface area contributed by atoms with E-state index in [9.17, 15) is 9.59 Å². The maximum Gasteiger partial charge on any atom is 0.328 e. The van der Waals surface area contributed by atoms with E-state index in [0.29, 0.717) is 0 Å². The molecule has 1 heterocycles. The highest BCUT2D eigenvalue weighted by Crippen LogP contribution is 2.65. The number of urea groups is 1. The molecule has 0 spiro atoms. The smallest absolute Gasteiger partial charge is 0.321 e. The van der Waals surface area contributed by atoms with Gasteiger partial charge in [-0.1, -0.05) is 77.0 Å². The van der Waals surface area contributed by atoms with Gasteiger partial charge in [-0.25, -0.2) is 4.79 Å². The molecule has 4 aliphatic carbocycles. The zero-order valence-corrected chi connectivity index (χ0v) is 26.6. The summed E-state index contributed by atoms with van der Waals surface area (Å²) in [6.45, 7) is 3.68. The Kier molecular flexibility index (Phi) is 9.44. The largest absolute Gasteiger partial charge is 0.328 e. The number of hydrogen-bond donors (Lipinski definition) is 0. The van der Waals surface area contributed by atoms with Crippen LogP contribution < -0.4 is 0 Å². The van der Waals surface area contributed by atoms with E-state index in [2.05, 4.69) is 0 Å². The number of imide groups is 1. The lowest BCUT2D eigenvalue weighted by Gasteiger charge is -2.42. The highest BCUT2D eigenvalue weighted by atomic mass is 31.2. The van der Waals surface area contributed by atoms with Gasteiger partial charge < -0.3 is 14.0 Å². The molecule has 222 valence electrons. The van der Waals surface area contributed by atoms with Gasteiger partial charge in [0.1, 0.15) is 19.8 Å². The van der Waals surface area contributed by atoms with E-state index in [1.54, 1.807) is 4.90 Å². The Hall–Kier alpha value is -0.600. The first kappa shape index (κ1) is 29.9. The van der Waals surface area contributed by atoms with Crippen LogP contribution in [0.4, 0.5) is 4.79 Å². The van der Waals surface area contributed by atoms with Crippen molar-refractivity contribution in [1.29, 1.82) is 0 Å². The summed E-state index contributed by atoms with van der Waals surface area (Å²) in [6.07, 6.45) is 21.9. The molecule has 5 aliphatic rings. The average molecular weight is 581 g/mol. The predicted octanol–water partition coefficient (Wildman–Crippen LogP) is 9.00. The Morgan fingerprint density at radius 3 is 1.21 bits per heavy atom. The summed E-state index contributed by atoms with van der Waals surface area (Å²) in [7, 11) is -5.53. The third-order valence-corrected chi connectivity index (χ3v) is 19.9. The quantitative estimate of drug-likeness (QED) is 0.212. The Bertz CT molecular complexity index is 929. The molecule has 0 aromatic heterocycles. The first-order valence-electron chi connectivity index (χ1n) is 16.5. The molecule has 0 aromatic rings. The van der Waals surface area contributed by atoms with Gasteiger partial charge in [-0.2, -0.15) is 0 Å². The molecular weight excluding hydrogens is 526 g/mol. The Morgan fingerprint density at radius 2 is 0.872 bits per heavy atom. The molecule has 8 heteroatoms. The van der Waals surface area contributed by atoms with Crippen molar-refractivity contribution in [2.24, 2.45) is 0 Å². The number of carbonyl (C=O) groups is 2. The summed E-state index contributed by atoms with van der Waals surface area (Å²) in [5.74, 6) is -0.224. The molecule has 0 radical (unpaired) electrons. The fraction of sp³-hybridized carbons (Fsp3) is 0.935. The van der Waals surface area contributed by atoms with Crippen molar-refractivity contribution in [3.63, 3.8) is 0 Å². The number of carbonyl (C=O) groups excluding carboxylic acids is 2. The molecule has 0 unspecified atom stereocenters. The van der Waals surface area contributed by atoms with E-state index in [-0.39, 0.29) is 47.1 Å². The van der Waals surface area contributed by atoms with Crippen molar-refractivity contribution in [3.8, 4) is 0 Å². The molecule has 0 N–H and O–H groups in total. The van der Waals surface area contributed by atoms with E-state index in [0.717, 1.165) is 103 Å². The van der Waals surface area contributed by atoms with Gasteiger partial charge in [0.2, 0.25) is 0 Å². The highest BCUT2D eigenvalue weighted by molar-refractivity contribution is 7.65. The van der Waals surface area contributed by atoms with Crippen LogP contribution in [0.3, 0.4) is 0 Å². The summed E-state index contributed by atoms with van der Waals surface area (Å²) in [6, 6.07) is -0.316. The normalized spacial score (nSPS) is 27.4. The van der Waals surface area contributed by atoms with Crippen molar-refractivity contribution in [2.75, 3.05) is 12.6 Å². The zero-order chi connectivity index (χ0) is 27.7. The lowest BCUT2D eigenvalue weighted by atomic mass is 9.99. The standard InChI is InChI=1S/C31H54N2O4P2/c1-31(2)29(34)32(23-38(36,25-15-7-3-8-16-25)26-17-9-4-10-18-26)30(35)33(31)24-39(37,27-19-11-5-12-20-27)28-21-13-6-14-22-28/h25-28H,3-24H2,1-2H3. The van der Waals surface area contributed by atoms with Gasteiger partial charge in [0.15, 0.2) is 0 Å². The second kappa shape index (κ2) is 12.3. The van der Waals surface area contributed by atoms with Gasteiger partial charge >= 0.3 is 6.03 Å². The van der Waals surface area contributed by atoms with E-state index in [1.807, 2.05) is 13.8 Å². The van der Waals surface area contributed by atoms with Gasteiger partial charge in [0.05, 0.1) is 12.6 Å². The second-order valence-corrected chi connectivity index (χ2v) is 21.1. The summed E-state index contributed by atoms with van der Waals surface area (Å²) in [4.78, 5) is 31.3. The number of amides is 3. The van der Waals surface area contributed by atoms with Crippen LogP contribution in [0.15, 0.2) is 0 Å². The minimum absolute atomic E-state index is 0.108. The monoisotopic (exact) mass is 580 g/mol. The SMILES string of the molecule is CC1(C)C(=O)N(CP(=O)(C2CCCCC2)C2CCCCC2)C(=O)N1CP(=O)(C1CCCCC1)C1CCCCC1. The molecule has 1 aliphatic heterocycles. The topological polar surface area (TPSA) is 74.8 Å². The van der Waals surface area contributed by atoms with Crippen molar-refractivity contribution >= 4 is 26.2 Å². The molecule has 5 fully saturated rings. The lowest BCUT2D eigenvalue weighted by molar-refractivity contribution is -0.131. The third-order valence-electron chi connectivity index (χ3n) is 11.4. The van der Waals surface area contributed by atoms with Crippen LogP contribution >= 0.6 is 14.3 Å². The summed E-state index contributed by atoms with van der Waals surface area (Å²) >= 11 is 0. The van der Waals surface area contributed by atoms with Crippen LogP contribution in [0.5, 0.6) is 0 Å². The Morgan fingerprint density at radius 1 is 0.564 bits per heavy atom.